The topological polar surface area (TPSA) is 3.24 Å². The first-order chi connectivity index (χ1) is 11.8. The molecule has 3 aromatic carbocycles. The molecule has 3 rings (SSSR count). The van der Waals surface area contributed by atoms with Gasteiger partial charge in [0.05, 0.1) is 0 Å². The Labute approximate surface area is 147 Å². The van der Waals surface area contributed by atoms with E-state index in [0.29, 0.717) is 0 Å². The summed E-state index contributed by atoms with van der Waals surface area (Å²) in [5, 5.41) is 0. The predicted molar refractivity (Wildman–Crippen MR) is 109 cm³/mol. The zero-order chi connectivity index (χ0) is 17.8. The molecule has 0 aliphatic rings. The number of para-hydroxylation sites is 2. The highest BCUT2D eigenvalue weighted by molar-refractivity contribution is 5.76. The number of nitrogens with zero attached hydrogens (tertiary/aromatic N) is 1. The van der Waals surface area contributed by atoms with Crippen molar-refractivity contribution in [1.82, 2.24) is 0 Å². The Balaban J connectivity index is 0.000000671. The van der Waals surface area contributed by atoms with Gasteiger partial charge in [0.25, 0.3) is 0 Å². The highest BCUT2D eigenvalue weighted by atomic mass is 15.1. The predicted octanol–water partition coefficient (Wildman–Crippen LogP) is 7.52. The van der Waals surface area contributed by atoms with Crippen LogP contribution in [0.2, 0.25) is 0 Å². The molecule has 0 amide bonds. The lowest BCUT2D eigenvalue weighted by atomic mass is 10.1. The second-order valence-electron chi connectivity index (χ2n) is 4.84. The van der Waals surface area contributed by atoms with E-state index in [-0.39, 0.29) is 0 Å². The van der Waals surface area contributed by atoms with Crippen LogP contribution < -0.4 is 4.90 Å². The van der Waals surface area contributed by atoms with Gasteiger partial charge in [0.15, 0.2) is 0 Å². The third kappa shape index (κ3) is 5.27. The van der Waals surface area contributed by atoms with Crippen molar-refractivity contribution < 1.29 is 0 Å². The van der Waals surface area contributed by atoms with Crippen molar-refractivity contribution in [3.8, 4) is 0 Å². The second kappa shape index (κ2) is 11.1. The van der Waals surface area contributed by atoms with Gasteiger partial charge in [-0.25, -0.2) is 0 Å². The van der Waals surface area contributed by atoms with Gasteiger partial charge in [0, 0.05) is 17.1 Å². The number of anilines is 3. The molecule has 0 bridgehead atoms. The van der Waals surface area contributed by atoms with Gasteiger partial charge in [-0.3, -0.25) is 0 Å². The molecule has 0 saturated heterocycles. The van der Waals surface area contributed by atoms with E-state index in [1.54, 1.807) is 0 Å². The quantitative estimate of drug-likeness (QED) is 0.482. The lowest BCUT2D eigenvalue weighted by Crippen LogP contribution is -2.09. The minimum absolute atomic E-state index is 1.17. The maximum absolute atomic E-state index is 2.26. The monoisotopic (exact) mass is 319 g/mol. The average molecular weight is 319 g/mol. The van der Waals surface area contributed by atoms with E-state index in [4.69, 9.17) is 0 Å². The minimum Gasteiger partial charge on any atom is -0.311 e. The molecule has 0 spiro atoms. The fraction of sp³-hybridized carbons (Fsp3) is 0.217. The zero-order valence-electron chi connectivity index (χ0n) is 15.5. The van der Waals surface area contributed by atoms with Crippen LogP contribution >= 0.6 is 0 Å². The van der Waals surface area contributed by atoms with Crippen molar-refractivity contribution in [3.63, 3.8) is 0 Å². The van der Waals surface area contributed by atoms with Crippen molar-refractivity contribution in [2.75, 3.05) is 4.90 Å². The van der Waals surface area contributed by atoms with Crippen molar-refractivity contribution in [2.24, 2.45) is 0 Å². The fourth-order valence-corrected chi connectivity index (χ4v) is 2.30. The largest absolute Gasteiger partial charge is 0.311 e. The van der Waals surface area contributed by atoms with Crippen LogP contribution in [-0.2, 0) is 0 Å². The molecule has 0 atom stereocenters. The molecular weight excluding hydrogens is 290 g/mol. The Morgan fingerprint density at radius 2 is 0.792 bits per heavy atom. The maximum Gasteiger partial charge on any atom is 0.0461 e. The van der Waals surface area contributed by atoms with Gasteiger partial charge in [-0.1, -0.05) is 81.8 Å². The van der Waals surface area contributed by atoms with Gasteiger partial charge in [0.2, 0.25) is 0 Å². The third-order valence-electron chi connectivity index (χ3n) is 3.32. The van der Waals surface area contributed by atoms with E-state index in [9.17, 15) is 0 Å². The number of hydrogen-bond acceptors (Lipinski definition) is 1. The van der Waals surface area contributed by atoms with Gasteiger partial charge < -0.3 is 4.90 Å². The lowest BCUT2D eigenvalue weighted by molar-refractivity contribution is 1.27. The normalized spacial score (nSPS) is 9.04. The van der Waals surface area contributed by atoms with Gasteiger partial charge in [-0.05, 0) is 43.3 Å². The van der Waals surface area contributed by atoms with E-state index in [0.717, 1.165) is 0 Å². The summed E-state index contributed by atoms with van der Waals surface area (Å²) in [4.78, 5) is 2.26. The van der Waals surface area contributed by atoms with Crippen LogP contribution in [0.5, 0.6) is 0 Å². The molecule has 1 heteroatoms. The second-order valence-corrected chi connectivity index (χ2v) is 4.84. The summed E-state index contributed by atoms with van der Waals surface area (Å²) in [6, 6.07) is 29.5. The van der Waals surface area contributed by atoms with E-state index in [1.165, 1.54) is 22.6 Å². The van der Waals surface area contributed by atoms with Crippen molar-refractivity contribution >= 4 is 17.1 Å². The van der Waals surface area contributed by atoms with Crippen LogP contribution in [0.25, 0.3) is 0 Å². The Bertz CT molecular complexity index is 618. The lowest BCUT2D eigenvalue weighted by Gasteiger charge is -2.25. The molecule has 0 aliphatic carbocycles. The summed E-state index contributed by atoms with van der Waals surface area (Å²) in [6.45, 7) is 10.1. The summed E-state index contributed by atoms with van der Waals surface area (Å²) in [7, 11) is 0. The van der Waals surface area contributed by atoms with E-state index >= 15 is 0 Å². The molecule has 0 radical (unpaired) electrons. The van der Waals surface area contributed by atoms with Crippen molar-refractivity contribution in [3.05, 3.63) is 90.5 Å². The highest BCUT2D eigenvalue weighted by Crippen LogP contribution is 2.33. The van der Waals surface area contributed by atoms with Gasteiger partial charge in [-0.15, -0.1) is 0 Å². The molecule has 0 heterocycles. The molecule has 0 saturated carbocycles. The van der Waals surface area contributed by atoms with Crippen molar-refractivity contribution in [2.45, 2.75) is 34.6 Å². The summed E-state index contributed by atoms with van der Waals surface area (Å²) in [5.74, 6) is 0. The van der Waals surface area contributed by atoms with Crippen LogP contribution in [0.4, 0.5) is 17.1 Å². The van der Waals surface area contributed by atoms with E-state index in [2.05, 4.69) is 84.6 Å². The standard InChI is InChI=1S/C19H17N.2C2H6/c1-16-12-14-19(15-13-16)20(17-8-4-2-5-9-17)18-10-6-3-7-11-18;2*1-2/h2-15H,1H3;2*1-2H3. The first-order valence-electron chi connectivity index (χ1n) is 8.81. The highest BCUT2D eigenvalue weighted by Gasteiger charge is 2.10. The maximum atomic E-state index is 2.26. The smallest absolute Gasteiger partial charge is 0.0461 e. The molecule has 0 unspecified atom stereocenters. The Kier molecular flexibility index (Phi) is 8.99. The van der Waals surface area contributed by atoms with Gasteiger partial charge in [0.1, 0.15) is 0 Å². The first-order valence-corrected chi connectivity index (χ1v) is 8.81. The van der Waals surface area contributed by atoms with Crippen LogP contribution in [0.1, 0.15) is 33.3 Å². The summed E-state index contributed by atoms with van der Waals surface area (Å²) < 4.78 is 0. The van der Waals surface area contributed by atoms with Gasteiger partial charge >= 0.3 is 0 Å². The molecule has 0 aliphatic heterocycles. The minimum atomic E-state index is 1.17. The molecule has 0 fully saturated rings. The van der Waals surface area contributed by atoms with Gasteiger partial charge in [-0.2, -0.15) is 0 Å². The summed E-state index contributed by atoms with van der Waals surface area (Å²) >= 11 is 0. The third-order valence-corrected chi connectivity index (χ3v) is 3.32. The Morgan fingerprint density at radius 3 is 1.17 bits per heavy atom. The first kappa shape index (κ1) is 19.5. The summed E-state index contributed by atoms with van der Waals surface area (Å²) in [6.07, 6.45) is 0. The molecule has 126 valence electrons. The molecular formula is C23H29N. The Morgan fingerprint density at radius 1 is 0.458 bits per heavy atom. The van der Waals surface area contributed by atoms with Crippen LogP contribution in [0.15, 0.2) is 84.9 Å². The fourth-order valence-electron chi connectivity index (χ4n) is 2.30. The molecule has 0 aromatic heterocycles. The Hall–Kier alpha value is -2.54. The van der Waals surface area contributed by atoms with Crippen LogP contribution in [0.3, 0.4) is 0 Å². The number of benzene rings is 3. The van der Waals surface area contributed by atoms with Crippen molar-refractivity contribution in [1.29, 1.82) is 0 Å². The molecule has 24 heavy (non-hydrogen) atoms. The molecule has 3 aromatic rings. The SMILES string of the molecule is CC.CC.Cc1ccc(N(c2ccccc2)c2ccccc2)cc1. The van der Waals surface area contributed by atoms with Crippen LogP contribution in [0, 0.1) is 6.92 Å². The number of aryl methyl sites for hydroxylation is 1. The zero-order valence-corrected chi connectivity index (χ0v) is 15.5. The summed E-state index contributed by atoms with van der Waals surface area (Å²) in [5.41, 5.74) is 4.79. The van der Waals surface area contributed by atoms with E-state index < -0.39 is 0 Å². The number of rotatable bonds is 3. The van der Waals surface area contributed by atoms with E-state index in [1.807, 2.05) is 39.8 Å². The molecule has 0 N–H and O–H groups in total. The average Bonchev–Trinajstić information content (AvgIpc) is 2.69. The number of hydrogen-bond donors (Lipinski definition) is 0. The molecule has 1 nitrogen and oxygen atoms in total. The van der Waals surface area contributed by atoms with Crippen LogP contribution in [-0.4, -0.2) is 0 Å².